The smallest absolute Gasteiger partial charge is 0.385 e. The SMILES string of the molecule is CC#CC#CC#CC#CC#CC#CC(=O)OC[C@H](CO)OC(=O)CCCCCCCCCCCCCCC.CC(=O)S.[HH].[HH].[HH].[HH].[HH].[HH].[HH].[HH].[HH].[HH].[HH]. The fourth-order valence-corrected chi connectivity index (χ4v) is 3.26. The normalized spacial score (nSPS) is 9.17. The second-order valence-corrected chi connectivity index (χ2v) is 9.66. The summed E-state index contributed by atoms with van der Waals surface area (Å²) in [4.78, 5) is 32.9. The van der Waals surface area contributed by atoms with Crippen molar-refractivity contribution in [1.82, 2.24) is 0 Å². The molecule has 0 saturated carbocycles. The third-order valence-corrected chi connectivity index (χ3v) is 5.24. The predicted molar refractivity (Wildman–Crippen MR) is 193 cm³/mol. The summed E-state index contributed by atoms with van der Waals surface area (Å²) in [5, 5.41) is 9.24. The number of aliphatic hydroxyl groups excluding tert-OH is 1. The van der Waals surface area contributed by atoms with Crippen molar-refractivity contribution in [3.05, 3.63) is 0 Å². The molecule has 248 valence electrons. The Morgan fingerprint density at radius 1 is 0.714 bits per heavy atom. The van der Waals surface area contributed by atoms with Crippen molar-refractivity contribution in [1.29, 1.82) is 0 Å². The van der Waals surface area contributed by atoms with Gasteiger partial charge in [0.1, 0.15) is 6.61 Å². The summed E-state index contributed by atoms with van der Waals surface area (Å²) in [6, 6.07) is 0. The molecule has 0 bridgehead atoms. The maximum atomic E-state index is 12.0. The Bertz CT molecular complexity index is 1190. The molecule has 0 saturated heterocycles. The van der Waals surface area contributed by atoms with E-state index in [0.717, 1.165) is 19.3 Å². The summed E-state index contributed by atoms with van der Waals surface area (Å²) in [6.45, 7) is 4.59. The summed E-state index contributed by atoms with van der Waals surface area (Å²) in [5.41, 5.74) is 0. The van der Waals surface area contributed by atoms with E-state index in [0.29, 0.717) is 0 Å². The molecular formula is C35H66O6S. The second kappa shape index (κ2) is 33.5. The molecule has 0 aromatic carbocycles. The molecule has 0 rings (SSSR count). The first kappa shape index (κ1) is 40.4. The number of ether oxygens (including phenoxy) is 2. The lowest BCUT2D eigenvalue weighted by molar-refractivity contribution is -0.159. The van der Waals surface area contributed by atoms with Crippen LogP contribution in [0.4, 0.5) is 0 Å². The topological polar surface area (TPSA) is 89.9 Å². The van der Waals surface area contributed by atoms with Gasteiger partial charge in [-0.25, -0.2) is 4.79 Å². The first-order valence-corrected chi connectivity index (χ1v) is 14.9. The lowest BCUT2D eigenvalue weighted by Crippen LogP contribution is -2.28. The molecule has 0 aliphatic rings. The fourth-order valence-electron chi connectivity index (χ4n) is 3.26. The molecule has 0 aliphatic carbocycles. The van der Waals surface area contributed by atoms with Crippen LogP contribution in [0.2, 0.25) is 0 Å². The van der Waals surface area contributed by atoms with Crippen LogP contribution in [0.5, 0.6) is 0 Å². The summed E-state index contributed by atoms with van der Waals surface area (Å²) < 4.78 is 10.1. The summed E-state index contributed by atoms with van der Waals surface area (Å²) >= 11 is 3.33. The highest BCUT2D eigenvalue weighted by Gasteiger charge is 2.15. The summed E-state index contributed by atoms with van der Waals surface area (Å²) in [7, 11) is 0. The van der Waals surface area contributed by atoms with Gasteiger partial charge in [0.05, 0.1) is 6.61 Å². The molecular weight excluding hydrogens is 548 g/mol. The number of carbonyl (C=O) groups excluding carboxylic acids is 3. The van der Waals surface area contributed by atoms with Crippen LogP contribution in [-0.4, -0.2) is 41.5 Å². The van der Waals surface area contributed by atoms with Crippen LogP contribution in [0.15, 0.2) is 0 Å². The summed E-state index contributed by atoms with van der Waals surface area (Å²) in [5.74, 6) is 28.0. The molecule has 7 heteroatoms. The average molecular weight is 615 g/mol. The van der Waals surface area contributed by atoms with Crippen LogP contribution in [0.1, 0.15) is 126 Å². The second-order valence-electron chi connectivity index (χ2n) is 9.03. The Labute approximate surface area is 275 Å². The zero-order valence-electron chi connectivity index (χ0n) is 25.3. The van der Waals surface area contributed by atoms with Crippen LogP contribution < -0.4 is 0 Å². The first-order valence-electron chi connectivity index (χ1n) is 14.5. The van der Waals surface area contributed by atoms with E-state index in [2.05, 4.69) is 90.6 Å². The Balaban J connectivity index is -0.0000000919. The van der Waals surface area contributed by atoms with Gasteiger partial charge in [-0.3, -0.25) is 9.59 Å². The van der Waals surface area contributed by atoms with E-state index in [-0.39, 0.29) is 33.8 Å². The Kier molecular flexibility index (Phi) is 32.2. The van der Waals surface area contributed by atoms with Crippen LogP contribution in [-0.2, 0) is 23.9 Å². The maximum absolute atomic E-state index is 12.0. The van der Waals surface area contributed by atoms with Crippen LogP contribution in [0.3, 0.4) is 0 Å². The molecule has 0 aromatic heterocycles. The maximum Gasteiger partial charge on any atom is 0.385 e. The molecule has 0 aliphatic heterocycles. The number of esters is 2. The van der Waals surface area contributed by atoms with Gasteiger partial charge in [0, 0.05) is 35.0 Å². The number of hydrogen-bond donors (Lipinski definition) is 2. The molecule has 0 unspecified atom stereocenters. The lowest BCUT2D eigenvalue weighted by atomic mass is 10.0. The van der Waals surface area contributed by atoms with Crippen LogP contribution in [0, 0.1) is 71.0 Å². The van der Waals surface area contributed by atoms with Crippen molar-refractivity contribution in [2.24, 2.45) is 0 Å². The van der Waals surface area contributed by atoms with E-state index in [9.17, 15) is 19.5 Å². The van der Waals surface area contributed by atoms with Crippen molar-refractivity contribution in [2.45, 2.75) is 117 Å². The fraction of sp³-hybridized carbons (Fsp3) is 0.571. The molecule has 0 aromatic rings. The van der Waals surface area contributed by atoms with E-state index < -0.39 is 24.6 Å². The van der Waals surface area contributed by atoms with Gasteiger partial charge < -0.3 is 14.6 Å². The Morgan fingerprint density at radius 2 is 1.12 bits per heavy atom. The van der Waals surface area contributed by atoms with Crippen molar-refractivity contribution >= 4 is 29.7 Å². The first-order chi connectivity index (χ1) is 20.4. The summed E-state index contributed by atoms with van der Waals surface area (Å²) in [6.07, 6.45) is 15.3. The molecule has 42 heavy (non-hydrogen) atoms. The van der Waals surface area contributed by atoms with E-state index in [1.165, 1.54) is 71.1 Å². The number of unbranched alkanes of at least 4 members (excludes halogenated alkanes) is 12. The lowest BCUT2D eigenvalue weighted by Gasteiger charge is -2.14. The highest BCUT2D eigenvalue weighted by molar-refractivity contribution is 7.96. The number of hydrogen-bond acceptors (Lipinski definition) is 6. The molecule has 0 spiro atoms. The van der Waals surface area contributed by atoms with Crippen molar-refractivity contribution in [3.63, 3.8) is 0 Å². The molecule has 0 fully saturated rings. The van der Waals surface area contributed by atoms with Gasteiger partial charge in [0.25, 0.3) is 0 Å². The highest BCUT2D eigenvalue weighted by Crippen LogP contribution is 2.13. The average Bonchev–Trinajstić information content (AvgIpc) is 2.96. The van der Waals surface area contributed by atoms with Crippen molar-refractivity contribution in [3.8, 4) is 71.0 Å². The number of carbonyl (C=O) groups is 3. The van der Waals surface area contributed by atoms with Gasteiger partial charge in [-0.1, -0.05) is 89.9 Å². The largest absolute Gasteiger partial charge is 0.456 e. The van der Waals surface area contributed by atoms with E-state index in [1.807, 2.05) is 0 Å². The van der Waals surface area contributed by atoms with Gasteiger partial charge in [-0.15, -0.1) is 12.6 Å². The van der Waals surface area contributed by atoms with Gasteiger partial charge >= 0.3 is 11.9 Å². The molecule has 0 radical (unpaired) electrons. The molecule has 6 nitrogen and oxygen atoms in total. The highest BCUT2D eigenvalue weighted by atomic mass is 32.1. The number of rotatable bonds is 18. The molecule has 1 atom stereocenters. The van der Waals surface area contributed by atoms with Crippen molar-refractivity contribution in [2.75, 3.05) is 13.2 Å². The predicted octanol–water partition coefficient (Wildman–Crippen LogP) is 8.12. The van der Waals surface area contributed by atoms with Gasteiger partial charge in [-0.2, -0.15) is 0 Å². The zero-order valence-corrected chi connectivity index (χ0v) is 26.2. The number of thiol groups is 1. The van der Waals surface area contributed by atoms with Gasteiger partial charge in [0.15, 0.2) is 11.2 Å². The van der Waals surface area contributed by atoms with Crippen LogP contribution >= 0.6 is 12.6 Å². The van der Waals surface area contributed by atoms with E-state index in [1.54, 1.807) is 6.92 Å². The molecule has 0 amide bonds. The Morgan fingerprint density at radius 3 is 1.55 bits per heavy atom. The third kappa shape index (κ3) is 36.3. The quantitative estimate of drug-likeness (QED) is 0.0533. The zero-order chi connectivity index (χ0) is 31.5. The van der Waals surface area contributed by atoms with E-state index >= 15 is 0 Å². The van der Waals surface area contributed by atoms with E-state index in [4.69, 9.17) is 9.47 Å². The number of aliphatic hydroxyl groups is 1. The van der Waals surface area contributed by atoms with Crippen LogP contribution in [0.25, 0.3) is 0 Å². The minimum Gasteiger partial charge on any atom is -0.456 e. The Hall–Kier alpha value is -3.72. The minimum atomic E-state index is -0.919. The monoisotopic (exact) mass is 614 g/mol. The molecule has 1 N–H and O–H groups in total. The standard InChI is InChI=1S/C33H40O5.C2H4OS.11H2/c1-3-5-7-9-11-13-15-16-18-20-22-24-26-28-33(36)38-31(29-34)30-37-32(35)27-25-23-21-19-17-14-12-10-8-6-4-2;1-2(3)4;;;;;;;;;;;/h31,34H,3,5,7,9,11,13,15-16,18,20,22,24,26,28-30H2,1-2H3;1H3,(H,3,4);11*1H/t31-;;;;;;;;;;;;/m0............/s1. The third-order valence-electron chi connectivity index (χ3n) is 5.24. The molecule has 0 heterocycles. The van der Waals surface area contributed by atoms with Gasteiger partial charge in [-0.05, 0) is 72.5 Å². The van der Waals surface area contributed by atoms with Crippen molar-refractivity contribution < 1.29 is 44.7 Å². The minimum absolute atomic E-state index is 0. The van der Waals surface area contributed by atoms with Gasteiger partial charge in [0.2, 0.25) is 0 Å².